The number of hydrogen-bond acceptors (Lipinski definition) is 1. The quantitative estimate of drug-likeness (QED) is 0.855. The number of amides is 1. The van der Waals surface area contributed by atoms with Crippen molar-refractivity contribution in [2.45, 2.75) is 51.1 Å². The molecule has 1 saturated heterocycles. The summed E-state index contributed by atoms with van der Waals surface area (Å²) in [6, 6.07) is 6.29. The van der Waals surface area contributed by atoms with Crippen molar-refractivity contribution >= 4 is 29.1 Å². The zero-order chi connectivity index (χ0) is 16.2. The van der Waals surface area contributed by atoms with Crippen LogP contribution in [-0.4, -0.2) is 25.0 Å². The average Bonchev–Trinajstić information content (AvgIpc) is 3.04. The molecule has 2 aliphatic rings. The van der Waals surface area contributed by atoms with Gasteiger partial charge in [-0.25, -0.2) is 0 Å². The summed E-state index contributed by atoms with van der Waals surface area (Å²) in [5.74, 6) is 0.485. The summed E-state index contributed by atoms with van der Waals surface area (Å²) in [4.78, 5) is 13.9. The van der Waals surface area contributed by atoms with E-state index in [0.717, 1.165) is 45.3 Å². The van der Waals surface area contributed by atoms with Crippen molar-refractivity contribution in [3.05, 3.63) is 33.8 Å². The van der Waals surface area contributed by atoms with Crippen LogP contribution in [0.25, 0.3) is 0 Å². The molecule has 1 aliphatic carbocycles. The van der Waals surface area contributed by atoms with Crippen LogP contribution in [0.4, 0.5) is 0 Å². The van der Waals surface area contributed by atoms with E-state index < -0.39 is 0 Å². The number of carbonyl (C=O) groups excluding carboxylic acids is 1. The second-order valence-corrected chi connectivity index (χ2v) is 7.75. The standard InChI is InChI=1S/C18H24Cl2N2O/c19-16-6-5-13(11-17(16)20)12-22-9-7-14(8-10-22)18(23)21-15-3-1-2-4-15/h5-6,11,14-15H,1-4,7-10,12H2,(H,21,23)/p+1. The third-order valence-corrected chi connectivity index (χ3v) is 5.94. The first kappa shape index (κ1) is 17.1. The van der Waals surface area contributed by atoms with Gasteiger partial charge in [-0.2, -0.15) is 0 Å². The monoisotopic (exact) mass is 355 g/mol. The molecule has 1 heterocycles. The van der Waals surface area contributed by atoms with Crippen molar-refractivity contribution in [3.63, 3.8) is 0 Å². The fraction of sp³-hybridized carbons (Fsp3) is 0.611. The first-order valence-corrected chi connectivity index (χ1v) is 9.45. The molecule has 1 aliphatic heterocycles. The molecule has 0 bridgehead atoms. The molecule has 0 aromatic heterocycles. The van der Waals surface area contributed by atoms with Gasteiger partial charge in [0.05, 0.1) is 23.1 Å². The Morgan fingerprint density at radius 1 is 1.09 bits per heavy atom. The number of halogens is 2. The minimum absolute atomic E-state index is 0.202. The zero-order valence-electron chi connectivity index (χ0n) is 13.4. The first-order chi connectivity index (χ1) is 11.1. The van der Waals surface area contributed by atoms with Gasteiger partial charge in [0.2, 0.25) is 5.91 Å². The maximum absolute atomic E-state index is 12.3. The molecule has 1 saturated carbocycles. The highest BCUT2D eigenvalue weighted by molar-refractivity contribution is 6.42. The molecule has 126 valence electrons. The highest BCUT2D eigenvalue weighted by atomic mass is 35.5. The Morgan fingerprint density at radius 2 is 1.78 bits per heavy atom. The van der Waals surface area contributed by atoms with Gasteiger partial charge in [0.15, 0.2) is 0 Å². The molecule has 0 spiro atoms. The summed E-state index contributed by atoms with van der Waals surface area (Å²) in [6.45, 7) is 3.04. The number of carbonyl (C=O) groups is 1. The Labute approximate surface area is 148 Å². The van der Waals surface area contributed by atoms with Crippen molar-refractivity contribution in [1.82, 2.24) is 5.32 Å². The summed E-state index contributed by atoms with van der Waals surface area (Å²) in [7, 11) is 0. The van der Waals surface area contributed by atoms with Crippen LogP contribution in [0.1, 0.15) is 44.1 Å². The molecule has 0 unspecified atom stereocenters. The largest absolute Gasteiger partial charge is 0.353 e. The molecule has 1 aromatic rings. The van der Waals surface area contributed by atoms with Crippen molar-refractivity contribution in [3.8, 4) is 0 Å². The number of likely N-dealkylation sites (tertiary alicyclic amines) is 1. The third kappa shape index (κ3) is 4.62. The topological polar surface area (TPSA) is 33.5 Å². The number of rotatable bonds is 4. The minimum atomic E-state index is 0.202. The van der Waals surface area contributed by atoms with Crippen LogP contribution in [0.2, 0.25) is 10.0 Å². The number of benzene rings is 1. The average molecular weight is 356 g/mol. The Hall–Kier alpha value is -0.770. The smallest absolute Gasteiger partial charge is 0.223 e. The van der Waals surface area contributed by atoms with E-state index in [-0.39, 0.29) is 11.8 Å². The summed E-state index contributed by atoms with van der Waals surface area (Å²) < 4.78 is 0. The van der Waals surface area contributed by atoms with Gasteiger partial charge in [0.1, 0.15) is 6.54 Å². The van der Waals surface area contributed by atoms with Crippen LogP contribution in [0.5, 0.6) is 0 Å². The van der Waals surface area contributed by atoms with E-state index >= 15 is 0 Å². The van der Waals surface area contributed by atoms with Crippen LogP contribution < -0.4 is 10.2 Å². The summed E-state index contributed by atoms with van der Waals surface area (Å²) in [5, 5.41) is 4.47. The Morgan fingerprint density at radius 3 is 2.43 bits per heavy atom. The third-order valence-electron chi connectivity index (χ3n) is 5.20. The maximum atomic E-state index is 12.3. The van der Waals surface area contributed by atoms with E-state index in [1.165, 1.54) is 23.3 Å². The molecule has 0 radical (unpaired) electrons. The van der Waals surface area contributed by atoms with E-state index in [0.29, 0.717) is 16.1 Å². The van der Waals surface area contributed by atoms with Crippen molar-refractivity contribution < 1.29 is 9.69 Å². The molecule has 1 aromatic carbocycles. The van der Waals surface area contributed by atoms with Gasteiger partial charge in [-0.15, -0.1) is 0 Å². The molecule has 1 amide bonds. The predicted octanol–water partition coefficient (Wildman–Crippen LogP) is 2.85. The van der Waals surface area contributed by atoms with Crippen LogP contribution in [0.15, 0.2) is 18.2 Å². The molecule has 3 rings (SSSR count). The lowest BCUT2D eigenvalue weighted by Crippen LogP contribution is -3.11. The predicted molar refractivity (Wildman–Crippen MR) is 94.0 cm³/mol. The molecule has 2 fully saturated rings. The second kappa shape index (κ2) is 7.87. The van der Waals surface area contributed by atoms with E-state index in [2.05, 4.69) is 5.32 Å². The number of piperidine rings is 1. The fourth-order valence-electron chi connectivity index (χ4n) is 3.79. The minimum Gasteiger partial charge on any atom is -0.353 e. The second-order valence-electron chi connectivity index (χ2n) is 6.94. The Balaban J connectivity index is 1.46. The Kier molecular flexibility index (Phi) is 5.84. The lowest BCUT2D eigenvalue weighted by molar-refractivity contribution is -0.919. The normalized spacial score (nSPS) is 25.5. The van der Waals surface area contributed by atoms with Crippen LogP contribution in [0.3, 0.4) is 0 Å². The van der Waals surface area contributed by atoms with Gasteiger partial charge in [-0.05, 0) is 25.0 Å². The van der Waals surface area contributed by atoms with Crippen molar-refractivity contribution in [2.24, 2.45) is 5.92 Å². The van der Waals surface area contributed by atoms with Gasteiger partial charge in [-0.3, -0.25) is 4.79 Å². The van der Waals surface area contributed by atoms with Gasteiger partial charge in [-0.1, -0.05) is 42.1 Å². The van der Waals surface area contributed by atoms with Crippen LogP contribution in [0, 0.1) is 5.92 Å². The molecule has 23 heavy (non-hydrogen) atoms. The highest BCUT2D eigenvalue weighted by Crippen LogP contribution is 2.22. The van der Waals surface area contributed by atoms with E-state index in [9.17, 15) is 4.79 Å². The number of nitrogens with one attached hydrogen (secondary N) is 2. The summed E-state index contributed by atoms with van der Waals surface area (Å²) >= 11 is 12.0. The number of hydrogen-bond donors (Lipinski definition) is 2. The molecular formula is C18H25Cl2N2O+. The molecular weight excluding hydrogens is 331 g/mol. The molecule has 3 nitrogen and oxygen atoms in total. The van der Waals surface area contributed by atoms with E-state index in [1.54, 1.807) is 0 Å². The van der Waals surface area contributed by atoms with Crippen molar-refractivity contribution in [1.29, 1.82) is 0 Å². The van der Waals surface area contributed by atoms with Crippen LogP contribution >= 0.6 is 23.2 Å². The Bertz CT molecular complexity index is 550. The van der Waals surface area contributed by atoms with Gasteiger partial charge in [0.25, 0.3) is 0 Å². The van der Waals surface area contributed by atoms with Crippen LogP contribution in [-0.2, 0) is 11.3 Å². The van der Waals surface area contributed by atoms with Gasteiger partial charge >= 0.3 is 0 Å². The SMILES string of the molecule is O=C(NC1CCCC1)C1CC[NH+](Cc2ccc(Cl)c(Cl)c2)CC1. The van der Waals surface area contributed by atoms with E-state index in [1.807, 2.05) is 18.2 Å². The lowest BCUT2D eigenvalue weighted by atomic mass is 9.95. The first-order valence-electron chi connectivity index (χ1n) is 8.69. The lowest BCUT2D eigenvalue weighted by Gasteiger charge is -2.29. The number of quaternary nitrogens is 1. The fourth-order valence-corrected chi connectivity index (χ4v) is 4.11. The molecule has 5 heteroatoms. The highest BCUT2D eigenvalue weighted by Gasteiger charge is 2.29. The van der Waals surface area contributed by atoms with Gasteiger partial charge < -0.3 is 10.2 Å². The summed E-state index contributed by atoms with van der Waals surface area (Å²) in [6.07, 6.45) is 6.80. The molecule has 2 N–H and O–H groups in total. The zero-order valence-corrected chi connectivity index (χ0v) is 14.9. The van der Waals surface area contributed by atoms with E-state index in [4.69, 9.17) is 23.2 Å². The van der Waals surface area contributed by atoms with Crippen molar-refractivity contribution in [2.75, 3.05) is 13.1 Å². The van der Waals surface area contributed by atoms with Gasteiger partial charge in [0, 0.05) is 30.4 Å². The molecule has 0 atom stereocenters. The maximum Gasteiger partial charge on any atom is 0.223 e. The summed E-state index contributed by atoms with van der Waals surface area (Å²) in [5.41, 5.74) is 1.21.